The molecule has 0 aliphatic rings. The van der Waals surface area contributed by atoms with Crippen molar-refractivity contribution >= 4 is 10.8 Å². The Hall–Kier alpha value is -1.58. The summed E-state index contributed by atoms with van der Waals surface area (Å²) in [5.74, 6) is 0.779. The molecule has 3 heteroatoms. The summed E-state index contributed by atoms with van der Waals surface area (Å²) in [6, 6.07) is 12.0. The van der Waals surface area contributed by atoms with E-state index in [1.54, 1.807) is 14.0 Å². The van der Waals surface area contributed by atoms with Crippen molar-refractivity contribution in [1.29, 1.82) is 0 Å². The van der Waals surface area contributed by atoms with Gasteiger partial charge < -0.3 is 14.6 Å². The minimum atomic E-state index is -0.552. The standard InChI is InChI=1S/C17H22O3/c1-12(10-11-19-3)20-17-15(13(2)18)9-8-14-6-4-5-7-16(14)17/h4-9,12-13,18H,10-11H2,1-3H3/t12?,13-/m0/s1. The predicted molar refractivity (Wildman–Crippen MR) is 81.2 cm³/mol. The second kappa shape index (κ2) is 6.73. The molecule has 0 heterocycles. The summed E-state index contributed by atoms with van der Waals surface area (Å²) < 4.78 is 11.2. The van der Waals surface area contributed by atoms with E-state index in [0.29, 0.717) is 6.61 Å². The second-order valence-corrected chi connectivity index (χ2v) is 5.09. The van der Waals surface area contributed by atoms with E-state index in [0.717, 1.165) is 28.5 Å². The number of benzene rings is 2. The molecule has 2 aromatic rings. The summed E-state index contributed by atoms with van der Waals surface area (Å²) in [6.07, 6.45) is 0.307. The van der Waals surface area contributed by atoms with E-state index in [4.69, 9.17) is 9.47 Å². The minimum absolute atomic E-state index is 0.0401. The smallest absolute Gasteiger partial charge is 0.133 e. The number of aliphatic hydroxyl groups excluding tert-OH is 1. The molecule has 2 aromatic carbocycles. The van der Waals surface area contributed by atoms with Gasteiger partial charge in [0.25, 0.3) is 0 Å². The molecule has 108 valence electrons. The lowest BCUT2D eigenvalue weighted by atomic mass is 10.0. The Labute approximate surface area is 120 Å². The van der Waals surface area contributed by atoms with Crippen molar-refractivity contribution in [2.24, 2.45) is 0 Å². The van der Waals surface area contributed by atoms with Crippen LogP contribution in [0.2, 0.25) is 0 Å². The third kappa shape index (κ3) is 3.30. The lowest BCUT2D eigenvalue weighted by Crippen LogP contribution is -2.15. The molecule has 0 amide bonds. The first-order valence-corrected chi connectivity index (χ1v) is 6.98. The van der Waals surface area contributed by atoms with Crippen LogP contribution in [0.25, 0.3) is 10.8 Å². The highest BCUT2D eigenvalue weighted by atomic mass is 16.5. The molecule has 0 spiro atoms. The zero-order valence-corrected chi connectivity index (χ0v) is 12.3. The summed E-state index contributed by atoms with van der Waals surface area (Å²) >= 11 is 0. The molecule has 1 N–H and O–H groups in total. The SMILES string of the molecule is COCCC(C)Oc1c([C@H](C)O)ccc2ccccc12. The molecule has 2 atom stereocenters. The lowest BCUT2D eigenvalue weighted by molar-refractivity contribution is 0.131. The second-order valence-electron chi connectivity index (χ2n) is 5.09. The van der Waals surface area contributed by atoms with Crippen molar-refractivity contribution in [2.45, 2.75) is 32.5 Å². The molecule has 0 aliphatic heterocycles. The van der Waals surface area contributed by atoms with Gasteiger partial charge in [0.05, 0.1) is 12.2 Å². The molecule has 0 aromatic heterocycles. The van der Waals surface area contributed by atoms with Gasteiger partial charge in [0.2, 0.25) is 0 Å². The molecule has 20 heavy (non-hydrogen) atoms. The maximum Gasteiger partial charge on any atom is 0.133 e. The Morgan fingerprint density at radius 3 is 2.55 bits per heavy atom. The molecule has 0 aliphatic carbocycles. The first-order valence-electron chi connectivity index (χ1n) is 6.98. The van der Waals surface area contributed by atoms with Gasteiger partial charge in [-0.05, 0) is 19.2 Å². The Morgan fingerprint density at radius 1 is 1.10 bits per heavy atom. The van der Waals surface area contributed by atoms with Crippen LogP contribution in [0.5, 0.6) is 5.75 Å². The first kappa shape index (κ1) is 14.8. The maximum absolute atomic E-state index is 9.95. The normalized spacial score (nSPS) is 14.2. The van der Waals surface area contributed by atoms with Gasteiger partial charge in [0.1, 0.15) is 5.75 Å². The number of rotatable bonds is 6. The van der Waals surface area contributed by atoms with Gasteiger partial charge in [-0.1, -0.05) is 36.4 Å². The fourth-order valence-electron chi connectivity index (χ4n) is 2.26. The average Bonchev–Trinajstić information content (AvgIpc) is 2.45. The molecule has 0 fully saturated rings. The van der Waals surface area contributed by atoms with Gasteiger partial charge in [-0.3, -0.25) is 0 Å². The molecule has 0 saturated carbocycles. The van der Waals surface area contributed by atoms with Crippen molar-refractivity contribution in [3.63, 3.8) is 0 Å². The lowest BCUT2D eigenvalue weighted by Gasteiger charge is -2.20. The van der Waals surface area contributed by atoms with E-state index in [9.17, 15) is 5.11 Å². The summed E-state index contributed by atoms with van der Waals surface area (Å²) in [5, 5.41) is 12.1. The zero-order chi connectivity index (χ0) is 14.5. The summed E-state index contributed by atoms with van der Waals surface area (Å²) in [6.45, 7) is 4.44. The molecule has 3 nitrogen and oxygen atoms in total. The largest absolute Gasteiger partial charge is 0.490 e. The van der Waals surface area contributed by atoms with E-state index < -0.39 is 6.10 Å². The Kier molecular flexibility index (Phi) is 4.99. The van der Waals surface area contributed by atoms with Gasteiger partial charge in [-0.25, -0.2) is 0 Å². The molecule has 0 saturated heterocycles. The minimum Gasteiger partial charge on any atom is -0.490 e. The van der Waals surface area contributed by atoms with Crippen LogP contribution >= 0.6 is 0 Å². The van der Waals surface area contributed by atoms with Crippen molar-refractivity contribution < 1.29 is 14.6 Å². The number of fused-ring (bicyclic) bond motifs is 1. The van der Waals surface area contributed by atoms with Crippen molar-refractivity contribution in [2.75, 3.05) is 13.7 Å². The van der Waals surface area contributed by atoms with E-state index >= 15 is 0 Å². The van der Waals surface area contributed by atoms with Crippen LogP contribution in [0.4, 0.5) is 0 Å². The van der Waals surface area contributed by atoms with Gasteiger partial charge in [0.15, 0.2) is 0 Å². The fourth-order valence-corrected chi connectivity index (χ4v) is 2.26. The number of aliphatic hydroxyl groups is 1. The Morgan fingerprint density at radius 2 is 1.85 bits per heavy atom. The van der Waals surface area contributed by atoms with Crippen molar-refractivity contribution in [1.82, 2.24) is 0 Å². The summed E-state index contributed by atoms with van der Waals surface area (Å²) in [7, 11) is 1.69. The molecule has 2 rings (SSSR count). The molecule has 0 bridgehead atoms. The van der Waals surface area contributed by atoms with E-state index in [1.807, 2.05) is 43.3 Å². The molecular weight excluding hydrogens is 252 g/mol. The zero-order valence-electron chi connectivity index (χ0n) is 12.3. The number of methoxy groups -OCH3 is 1. The third-order valence-electron chi connectivity index (χ3n) is 3.41. The predicted octanol–water partition coefficient (Wildman–Crippen LogP) is 3.70. The van der Waals surface area contributed by atoms with Gasteiger partial charge >= 0.3 is 0 Å². The van der Waals surface area contributed by atoms with Crippen LogP contribution in [-0.2, 0) is 4.74 Å². The Balaban J connectivity index is 2.39. The van der Waals surface area contributed by atoms with Crippen LogP contribution in [0.15, 0.2) is 36.4 Å². The van der Waals surface area contributed by atoms with Crippen molar-refractivity contribution in [3.05, 3.63) is 42.0 Å². The van der Waals surface area contributed by atoms with Gasteiger partial charge in [0, 0.05) is 31.1 Å². The molecule has 0 radical (unpaired) electrons. The number of ether oxygens (including phenoxy) is 2. The molecule has 1 unspecified atom stereocenters. The number of hydrogen-bond acceptors (Lipinski definition) is 3. The molecular formula is C17H22O3. The van der Waals surface area contributed by atoms with Gasteiger partial charge in [-0.2, -0.15) is 0 Å². The highest BCUT2D eigenvalue weighted by Crippen LogP contribution is 2.34. The van der Waals surface area contributed by atoms with Crippen LogP contribution in [0.3, 0.4) is 0 Å². The quantitative estimate of drug-likeness (QED) is 0.873. The number of hydrogen-bond donors (Lipinski definition) is 1. The Bertz CT molecular complexity index is 563. The average molecular weight is 274 g/mol. The van der Waals surface area contributed by atoms with Crippen LogP contribution in [0.1, 0.15) is 31.9 Å². The maximum atomic E-state index is 9.95. The third-order valence-corrected chi connectivity index (χ3v) is 3.41. The van der Waals surface area contributed by atoms with Crippen LogP contribution in [0, 0.1) is 0 Å². The van der Waals surface area contributed by atoms with Crippen LogP contribution in [-0.4, -0.2) is 24.9 Å². The van der Waals surface area contributed by atoms with Crippen LogP contribution < -0.4 is 4.74 Å². The fraction of sp³-hybridized carbons (Fsp3) is 0.412. The summed E-state index contributed by atoms with van der Waals surface area (Å²) in [4.78, 5) is 0. The van der Waals surface area contributed by atoms with E-state index in [2.05, 4.69) is 0 Å². The van der Waals surface area contributed by atoms with Gasteiger partial charge in [-0.15, -0.1) is 0 Å². The highest BCUT2D eigenvalue weighted by Gasteiger charge is 2.15. The van der Waals surface area contributed by atoms with E-state index in [-0.39, 0.29) is 6.10 Å². The van der Waals surface area contributed by atoms with Crippen molar-refractivity contribution in [3.8, 4) is 5.75 Å². The highest BCUT2D eigenvalue weighted by molar-refractivity contribution is 5.89. The topological polar surface area (TPSA) is 38.7 Å². The summed E-state index contributed by atoms with van der Waals surface area (Å²) in [5.41, 5.74) is 0.827. The van der Waals surface area contributed by atoms with E-state index in [1.165, 1.54) is 0 Å². The monoisotopic (exact) mass is 274 g/mol. The first-order chi connectivity index (χ1) is 9.63.